The van der Waals surface area contributed by atoms with Crippen molar-refractivity contribution in [2.75, 3.05) is 0 Å². The van der Waals surface area contributed by atoms with Crippen molar-refractivity contribution in [1.29, 1.82) is 0 Å². The predicted octanol–water partition coefficient (Wildman–Crippen LogP) is 28.5. The highest BCUT2D eigenvalue weighted by molar-refractivity contribution is 7.26. The number of para-hydroxylation sites is 3. The molecule has 11 heterocycles. The summed E-state index contributed by atoms with van der Waals surface area (Å²) in [6.45, 7) is 0. The number of benzene rings is 16. The third-order valence-corrected chi connectivity index (χ3v) is 26.2. The first-order valence-corrected chi connectivity index (χ1v) is 44.7. The molecular weight excluding hydrogens is 1640 g/mol. The van der Waals surface area contributed by atoms with Crippen LogP contribution < -0.4 is 0 Å². The lowest BCUT2D eigenvalue weighted by molar-refractivity contribution is 0.952. The molecule has 27 rings (SSSR count). The van der Waals surface area contributed by atoms with E-state index < -0.39 is 0 Å². The van der Waals surface area contributed by atoms with Crippen LogP contribution >= 0.6 is 11.3 Å². The van der Waals surface area contributed by atoms with E-state index in [0.29, 0.717) is 41.1 Å². The van der Waals surface area contributed by atoms with Gasteiger partial charge in [-0.1, -0.05) is 340 Å². The van der Waals surface area contributed by atoms with Gasteiger partial charge in [-0.05, 0) is 107 Å². The van der Waals surface area contributed by atoms with E-state index in [-0.39, 0.29) is 0 Å². The second-order valence-electron chi connectivity index (χ2n) is 32.6. The molecule has 618 valence electrons. The van der Waals surface area contributed by atoms with Crippen molar-refractivity contribution >= 4 is 141 Å². The number of hydrogen-bond acceptors (Lipinski definition) is 11. The molecule has 27 aromatic rings. The molecule has 0 aliphatic heterocycles. The van der Waals surface area contributed by atoms with Crippen LogP contribution in [0, 0.1) is 0 Å². The zero-order valence-corrected chi connectivity index (χ0v) is 71.6. The van der Waals surface area contributed by atoms with Gasteiger partial charge in [-0.2, -0.15) is 19.9 Å². The monoisotopic (exact) mass is 1710 g/mol. The molecule has 0 atom stereocenters. The number of hydrogen-bond donors (Lipinski definition) is 0. The Hall–Kier alpha value is -17.9. The fraction of sp³-hybridized carbons (Fsp3) is 0. The SMILES string of the molecule is c1ccc(-c2ccc3c(c2)c2ccc4c5cc(-c6ccccc6)ccc5n(-c5nc(-c6ccccc6)nc(-c6ccccc6)n5)c4c2n3-c2ccccn2)cc1.c1ccc(-c2cnc(-n3c4ccccc4c4c5sc6ccccc6c5ccc43)nc2)cc1.c1ccc(-c2nc(-c3ccccc3)nc(-n3c4ccccc4c4ccc5c6ccccc6n(-c6ccccn6)c5c43)n2)cc1. The van der Waals surface area contributed by atoms with E-state index in [0.717, 1.165) is 160 Å². The van der Waals surface area contributed by atoms with Gasteiger partial charge in [-0.3, -0.25) is 22.8 Å². The topological polar surface area (TPSA) is 154 Å². The highest BCUT2D eigenvalue weighted by Crippen LogP contribution is 2.48. The van der Waals surface area contributed by atoms with Crippen molar-refractivity contribution in [1.82, 2.24) is 72.7 Å². The first-order chi connectivity index (χ1) is 65.5. The van der Waals surface area contributed by atoms with E-state index in [1.807, 2.05) is 200 Å². The Morgan fingerprint density at radius 2 is 0.500 bits per heavy atom. The van der Waals surface area contributed by atoms with Gasteiger partial charge in [0, 0.05) is 127 Å². The summed E-state index contributed by atoms with van der Waals surface area (Å²) in [4.78, 5) is 50.2. The molecule has 15 nitrogen and oxygen atoms in total. The van der Waals surface area contributed by atoms with Crippen LogP contribution in [0.25, 0.3) is 238 Å². The lowest BCUT2D eigenvalue weighted by Gasteiger charge is -2.13. The van der Waals surface area contributed by atoms with E-state index in [2.05, 4.69) is 278 Å². The van der Waals surface area contributed by atoms with Crippen LogP contribution in [0.3, 0.4) is 0 Å². The minimum atomic E-state index is 0.542. The van der Waals surface area contributed by atoms with Crippen molar-refractivity contribution in [3.8, 4) is 108 Å². The normalized spacial score (nSPS) is 11.6. The van der Waals surface area contributed by atoms with Crippen LogP contribution in [0.1, 0.15) is 0 Å². The molecule has 0 spiro atoms. The number of aromatic nitrogens is 15. The molecule has 132 heavy (non-hydrogen) atoms. The maximum atomic E-state index is 5.29. The van der Waals surface area contributed by atoms with Crippen LogP contribution in [-0.4, -0.2) is 72.7 Å². The van der Waals surface area contributed by atoms with Gasteiger partial charge in [-0.25, -0.2) is 29.9 Å². The predicted molar refractivity (Wildman–Crippen MR) is 540 cm³/mol. The smallest absolute Gasteiger partial charge is 0.238 e. The van der Waals surface area contributed by atoms with Crippen LogP contribution in [0.2, 0.25) is 0 Å². The minimum absolute atomic E-state index is 0.542. The first-order valence-electron chi connectivity index (χ1n) is 43.9. The molecule has 0 amide bonds. The highest BCUT2D eigenvalue weighted by atomic mass is 32.1. The van der Waals surface area contributed by atoms with Crippen molar-refractivity contribution < 1.29 is 0 Å². The number of rotatable bonds is 12. The molecule has 0 saturated carbocycles. The van der Waals surface area contributed by atoms with Gasteiger partial charge in [0.15, 0.2) is 23.3 Å². The molecule has 0 unspecified atom stereocenters. The quantitative estimate of drug-likeness (QED) is 0.115. The van der Waals surface area contributed by atoms with E-state index in [1.165, 1.54) is 36.5 Å². The van der Waals surface area contributed by atoms with Crippen LogP contribution in [0.15, 0.2) is 443 Å². The molecule has 0 radical (unpaired) electrons. The van der Waals surface area contributed by atoms with Crippen LogP contribution in [-0.2, 0) is 0 Å². The zero-order valence-electron chi connectivity index (χ0n) is 70.8. The summed E-state index contributed by atoms with van der Waals surface area (Å²) in [6, 6.07) is 145. The van der Waals surface area contributed by atoms with Crippen molar-refractivity contribution in [2.45, 2.75) is 0 Å². The fourth-order valence-electron chi connectivity index (χ4n) is 19.0. The average Bonchev–Trinajstić information content (AvgIpc) is 1.55. The fourth-order valence-corrected chi connectivity index (χ4v) is 20.3. The summed E-state index contributed by atoms with van der Waals surface area (Å²) in [6.07, 6.45) is 7.53. The molecule has 0 aliphatic rings. The molecule has 0 aliphatic carbocycles. The van der Waals surface area contributed by atoms with Crippen LogP contribution in [0.5, 0.6) is 0 Å². The number of thiophene rings is 1. The third-order valence-electron chi connectivity index (χ3n) is 25.0. The van der Waals surface area contributed by atoms with Gasteiger partial charge < -0.3 is 0 Å². The summed E-state index contributed by atoms with van der Waals surface area (Å²) in [5, 5.41) is 14.1. The van der Waals surface area contributed by atoms with Gasteiger partial charge >= 0.3 is 0 Å². The Labute approximate surface area is 759 Å². The number of pyridine rings is 2. The lowest BCUT2D eigenvalue weighted by atomic mass is 10.0. The van der Waals surface area contributed by atoms with E-state index in [1.54, 1.807) is 0 Å². The Kier molecular flexibility index (Phi) is 18.7. The molecule has 0 bridgehead atoms. The average molecular weight is 1710 g/mol. The molecule has 11 aromatic heterocycles. The molecule has 16 aromatic carbocycles. The molecule has 0 fully saturated rings. The minimum Gasteiger partial charge on any atom is -0.292 e. The third kappa shape index (κ3) is 13.1. The Morgan fingerprint density at radius 1 is 0.182 bits per heavy atom. The second kappa shape index (κ2) is 32.2. The molecule has 0 saturated heterocycles. The summed E-state index contributed by atoms with van der Waals surface area (Å²) in [7, 11) is 0. The summed E-state index contributed by atoms with van der Waals surface area (Å²) < 4.78 is 13.8. The maximum absolute atomic E-state index is 5.29. The Bertz CT molecular complexity index is 8990. The number of nitrogens with zero attached hydrogens (tertiary/aromatic N) is 15. The molecular formula is C116H73N15S. The summed E-state index contributed by atoms with van der Waals surface area (Å²) >= 11 is 1.86. The van der Waals surface area contributed by atoms with Gasteiger partial charge in [0.2, 0.25) is 17.8 Å². The standard InChI is InChI=1S/C50H32N6.C38H24N6.C28H17N3S/c1-5-15-33(16-6-1)37-24-28-43-41(31-37)39-26-27-40-42-32-38(34-17-7-2-8-18-34)25-29-44(42)56(47(40)46(39)55(43)45-23-13-14-30-51-45)50-53-48(35-19-9-3-10-20-35)52-49(54-50)36-21-11-4-12-22-36;1-3-13-25(14-4-1)36-40-37(26-15-5-2-6-16-26)42-38(41-36)44-32-20-10-8-18-28(32)30-23-22-29-27-17-7-9-19-31(27)43(34(29)35(30)44)33-21-11-12-24-39-33;1-2-8-18(9-3-1)19-16-29-28(30-17-19)31-23-12-6-4-11-22(23)26-24(31)15-14-21-20-10-5-7-13-25(20)32-27(21)26/h1-32H;1-24H;1-17H. The summed E-state index contributed by atoms with van der Waals surface area (Å²) in [5.41, 5.74) is 21.0. The Morgan fingerprint density at radius 3 is 0.924 bits per heavy atom. The van der Waals surface area contributed by atoms with E-state index >= 15 is 0 Å². The largest absolute Gasteiger partial charge is 0.292 e. The van der Waals surface area contributed by atoms with Crippen molar-refractivity contribution in [3.63, 3.8) is 0 Å². The van der Waals surface area contributed by atoms with E-state index in [9.17, 15) is 0 Å². The maximum Gasteiger partial charge on any atom is 0.238 e. The zero-order chi connectivity index (χ0) is 87.1. The van der Waals surface area contributed by atoms with Gasteiger partial charge in [0.1, 0.15) is 11.6 Å². The van der Waals surface area contributed by atoms with Crippen molar-refractivity contribution in [3.05, 3.63) is 443 Å². The molecule has 0 N–H and O–H groups in total. The lowest BCUT2D eigenvalue weighted by Crippen LogP contribution is -2.07. The van der Waals surface area contributed by atoms with E-state index in [4.69, 9.17) is 49.8 Å². The van der Waals surface area contributed by atoms with Gasteiger partial charge in [-0.15, -0.1) is 11.3 Å². The Balaban J connectivity index is 0.000000110. The van der Waals surface area contributed by atoms with Crippen molar-refractivity contribution in [2.24, 2.45) is 0 Å². The first kappa shape index (κ1) is 76.6. The van der Waals surface area contributed by atoms with Gasteiger partial charge in [0.05, 0.1) is 55.2 Å². The highest BCUT2D eigenvalue weighted by Gasteiger charge is 2.29. The number of fused-ring (bicyclic) bond motifs is 21. The van der Waals surface area contributed by atoms with Crippen LogP contribution in [0.4, 0.5) is 0 Å². The molecule has 16 heteroatoms. The summed E-state index contributed by atoms with van der Waals surface area (Å²) in [5.74, 6) is 5.95. The second-order valence-corrected chi connectivity index (χ2v) is 33.7. The van der Waals surface area contributed by atoms with Gasteiger partial charge in [0.25, 0.3) is 0 Å².